The topological polar surface area (TPSA) is 88.7 Å². The van der Waals surface area contributed by atoms with Gasteiger partial charge < -0.3 is 10.2 Å². The Labute approximate surface area is 117 Å². The molecule has 20 heavy (non-hydrogen) atoms. The van der Waals surface area contributed by atoms with Crippen LogP contribution in [-0.2, 0) is 0 Å². The third-order valence-corrected chi connectivity index (χ3v) is 3.84. The molecule has 0 radical (unpaired) electrons. The molecule has 1 aliphatic rings. The second kappa shape index (κ2) is 5.43. The highest BCUT2D eigenvalue weighted by Crippen LogP contribution is 2.32. The van der Waals surface area contributed by atoms with Gasteiger partial charge in [0.15, 0.2) is 0 Å². The number of hydrogen-bond acceptors (Lipinski definition) is 5. The third-order valence-electron chi connectivity index (χ3n) is 3.84. The number of rotatable bonds is 2. The molecule has 0 unspecified atom stereocenters. The van der Waals surface area contributed by atoms with Crippen molar-refractivity contribution < 1.29 is 4.42 Å². The maximum atomic E-state index is 8.79. The number of nitriles is 1. The van der Waals surface area contributed by atoms with Crippen molar-refractivity contribution in [2.75, 3.05) is 0 Å². The summed E-state index contributed by atoms with van der Waals surface area (Å²) in [6, 6.07) is 9.31. The third kappa shape index (κ3) is 2.43. The fraction of sp³-hybridized carbons (Fsp3) is 0.400. The first kappa shape index (κ1) is 12.8. The lowest BCUT2D eigenvalue weighted by atomic mass is 9.85. The van der Waals surface area contributed by atoms with Gasteiger partial charge in [0.25, 0.3) is 0 Å². The quantitative estimate of drug-likeness (QED) is 0.904. The van der Waals surface area contributed by atoms with Crippen LogP contribution in [0.4, 0.5) is 0 Å². The van der Waals surface area contributed by atoms with Crippen LogP contribution in [-0.4, -0.2) is 16.2 Å². The molecule has 3 rings (SSSR count). The van der Waals surface area contributed by atoms with Crippen LogP contribution >= 0.6 is 0 Å². The van der Waals surface area contributed by atoms with Gasteiger partial charge >= 0.3 is 0 Å². The van der Waals surface area contributed by atoms with E-state index in [1.807, 2.05) is 12.1 Å². The lowest BCUT2D eigenvalue weighted by molar-refractivity contribution is 0.328. The summed E-state index contributed by atoms with van der Waals surface area (Å²) in [5.74, 6) is 1.29. The van der Waals surface area contributed by atoms with Gasteiger partial charge in [0.1, 0.15) is 0 Å². The summed E-state index contributed by atoms with van der Waals surface area (Å²) < 4.78 is 5.77. The summed E-state index contributed by atoms with van der Waals surface area (Å²) in [6.45, 7) is 0. The zero-order valence-electron chi connectivity index (χ0n) is 11.1. The molecule has 0 spiro atoms. The van der Waals surface area contributed by atoms with Crippen LogP contribution in [0, 0.1) is 11.3 Å². The Balaban J connectivity index is 1.84. The van der Waals surface area contributed by atoms with E-state index in [1.165, 1.54) is 6.42 Å². The molecule has 1 saturated carbocycles. The highest BCUT2D eigenvalue weighted by molar-refractivity contribution is 5.54. The van der Waals surface area contributed by atoms with Crippen molar-refractivity contribution >= 4 is 0 Å². The van der Waals surface area contributed by atoms with Crippen molar-refractivity contribution in [1.29, 1.82) is 5.26 Å². The molecule has 2 N–H and O–H groups in total. The van der Waals surface area contributed by atoms with Gasteiger partial charge in [-0.2, -0.15) is 5.26 Å². The Morgan fingerprint density at radius 1 is 1.15 bits per heavy atom. The first-order valence-electron chi connectivity index (χ1n) is 6.87. The van der Waals surface area contributed by atoms with Gasteiger partial charge in [-0.3, -0.25) is 0 Å². The lowest BCUT2D eigenvalue weighted by Crippen LogP contribution is -2.31. The summed E-state index contributed by atoms with van der Waals surface area (Å²) >= 11 is 0. The molecule has 5 nitrogen and oxygen atoms in total. The molecule has 102 valence electrons. The summed E-state index contributed by atoms with van der Waals surface area (Å²) in [5, 5.41) is 17.0. The van der Waals surface area contributed by atoms with Crippen LogP contribution in [0.25, 0.3) is 11.5 Å². The monoisotopic (exact) mass is 268 g/mol. The molecule has 0 bridgehead atoms. The van der Waals surface area contributed by atoms with Gasteiger partial charge in [0.05, 0.1) is 17.6 Å². The first-order valence-corrected chi connectivity index (χ1v) is 6.87. The Morgan fingerprint density at radius 2 is 1.90 bits per heavy atom. The summed E-state index contributed by atoms with van der Waals surface area (Å²) in [5.41, 5.74) is 7.57. The van der Waals surface area contributed by atoms with Crippen molar-refractivity contribution in [3.8, 4) is 17.5 Å². The van der Waals surface area contributed by atoms with E-state index < -0.39 is 0 Å². The highest BCUT2D eigenvalue weighted by atomic mass is 16.4. The van der Waals surface area contributed by atoms with E-state index in [0.29, 0.717) is 17.3 Å². The summed E-state index contributed by atoms with van der Waals surface area (Å²) in [7, 11) is 0. The highest BCUT2D eigenvalue weighted by Gasteiger charge is 2.28. The van der Waals surface area contributed by atoms with E-state index in [2.05, 4.69) is 16.3 Å². The average molecular weight is 268 g/mol. The van der Waals surface area contributed by atoms with Crippen LogP contribution in [0.2, 0.25) is 0 Å². The number of hydrogen-bond donors (Lipinski definition) is 1. The molecule has 0 saturated heterocycles. The van der Waals surface area contributed by atoms with Gasteiger partial charge in [0, 0.05) is 11.6 Å². The lowest BCUT2D eigenvalue weighted by Gasteiger charge is -2.25. The Hall–Kier alpha value is -2.19. The standard InChI is InChI=1S/C15H16N4O/c16-9-10-5-7-11(8-6-10)14-18-19-15(20-14)12-3-1-2-4-13(12)17/h5-8,12-13H,1-4,17H2/t12-,13-/m1/s1. The molecular weight excluding hydrogens is 252 g/mol. The predicted molar refractivity (Wildman–Crippen MR) is 73.6 cm³/mol. The molecule has 2 atom stereocenters. The van der Waals surface area contributed by atoms with Crippen molar-refractivity contribution in [2.24, 2.45) is 5.73 Å². The maximum Gasteiger partial charge on any atom is 0.247 e. The van der Waals surface area contributed by atoms with E-state index in [0.717, 1.165) is 24.8 Å². The van der Waals surface area contributed by atoms with E-state index in [-0.39, 0.29) is 12.0 Å². The minimum absolute atomic E-state index is 0.109. The average Bonchev–Trinajstić information content (AvgIpc) is 2.97. The van der Waals surface area contributed by atoms with Crippen molar-refractivity contribution in [3.05, 3.63) is 35.7 Å². The smallest absolute Gasteiger partial charge is 0.247 e. The van der Waals surface area contributed by atoms with Crippen LogP contribution in [0.15, 0.2) is 28.7 Å². The van der Waals surface area contributed by atoms with E-state index >= 15 is 0 Å². The van der Waals surface area contributed by atoms with Crippen LogP contribution in [0.1, 0.15) is 43.1 Å². The van der Waals surface area contributed by atoms with E-state index in [9.17, 15) is 0 Å². The van der Waals surface area contributed by atoms with E-state index in [4.69, 9.17) is 15.4 Å². The molecule has 0 amide bonds. The molecule has 2 aromatic rings. The van der Waals surface area contributed by atoms with Gasteiger partial charge in [0.2, 0.25) is 11.8 Å². The van der Waals surface area contributed by atoms with Crippen LogP contribution < -0.4 is 5.73 Å². The summed E-state index contributed by atoms with van der Waals surface area (Å²) in [4.78, 5) is 0. The molecule has 1 aromatic heterocycles. The largest absolute Gasteiger partial charge is 0.420 e. The van der Waals surface area contributed by atoms with Crippen molar-refractivity contribution in [2.45, 2.75) is 37.6 Å². The van der Waals surface area contributed by atoms with Crippen molar-refractivity contribution in [3.63, 3.8) is 0 Å². The maximum absolute atomic E-state index is 8.79. The van der Waals surface area contributed by atoms with Gasteiger partial charge in [-0.25, -0.2) is 0 Å². The van der Waals surface area contributed by atoms with E-state index in [1.54, 1.807) is 12.1 Å². The van der Waals surface area contributed by atoms with Gasteiger partial charge in [-0.15, -0.1) is 10.2 Å². The van der Waals surface area contributed by atoms with Crippen molar-refractivity contribution in [1.82, 2.24) is 10.2 Å². The number of benzene rings is 1. The number of nitrogens with zero attached hydrogens (tertiary/aromatic N) is 3. The molecule has 1 aliphatic carbocycles. The molecular formula is C15H16N4O. The number of aromatic nitrogens is 2. The van der Waals surface area contributed by atoms with Gasteiger partial charge in [-0.1, -0.05) is 12.8 Å². The fourth-order valence-corrected chi connectivity index (χ4v) is 2.65. The first-order chi connectivity index (χ1) is 9.78. The van der Waals surface area contributed by atoms with Gasteiger partial charge in [-0.05, 0) is 37.1 Å². The second-order valence-electron chi connectivity index (χ2n) is 5.19. The minimum atomic E-state index is 0.109. The molecule has 5 heteroatoms. The molecule has 0 aliphatic heterocycles. The predicted octanol–water partition coefficient (Wildman–Crippen LogP) is 2.59. The fourth-order valence-electron chi connectivity index (χ4n) is 2.65. The zero-order valence-corrected chi connectivity index (χ0v) is 11.1. The Morgan fingerprint density at radius 3 is 2.60 bits per heavy atom. The molecule has 1 heterocycles. The summed E-state index contributed by atoms with van der Waals surface area (Å²) in [6.07, 6.45) is 4.36. The molecule has 1 fully saturated rings. The Bertz CT molecular complexity index is 626. The molecule has 1 aromatic carbocycles. The Kier molecular flexibility index (Phi) is 3.48. The van der Waals surface area contributed by atoms with Crippen LogP contribution in [0.5, 0.6) is 0 Å². The van der Waals surface area contributed by atoms with Crippen LogP contribution in [0.3, 0.4) is 0 Å². The SMILES string of the molecule is N#Cc1ccc(-c2nnc([C@@H]3CCCC[C@H]3N)o2)cc1. The minimum Gasteiger partial charge on any atom is -0.420 e. The second-order valence-corrected chi connectivity index (χ2v) is 5.19. The number of nitrogens with two attached hydrogens (primary N) is 1. The normalized spacial score (nSPS) is 22.4. The zero-order chi connectivity index (χ0) is 13.9.